The first-order chi connectivity index (χ1) is 15.0. The van der Waals surface area contributed by atoms with Crippen LogP contribution in [0, 0.1) is 0 Å². The average Bonchev–Trinajstić information content (AvgIpc) is 3.37. The number of thiazole rings is 1. The van der Waals surface area contributed by atoms with E-state index < -0.39 is 0 Å². The third kappa shape index (κ3) is 5.12. The van der Waals surface area contributed by atoms with Crippen molar-refractivity contribution in [2.75, 3.05) is 25.5 Å². The summed E-state index contributed by atoms with van der Waals surface area (Å²) in [7, 11) is 1.63. The van der Waals surface area contributed by atoms with Crippen molar-refractivity contribution in [3.05, 3.63) is 34.3 Å². The van der Waals surface area contributed by atoms with Crippen LogP contribution in [-0.4, -0.2) is 42.1 Å². The van der Waals surface area contributed by atoms with Crippen molar-refractivity contribution in [1.82, 2.24) is 20.6 Å². The highest BCUT2D eigenvalue weighted by Gasteiger charge is 2.25. The molecule has 31 heavy (non-hydrogen) atoms. The van der Waals surface area contributed by atoms with Crippen LogP contribution in [0.4, 0.5) is 5.00 Å². The second-order valence-electron chi connectivity index (χ2n) is 7.69. The molecule has 0 aliphatic carbocycles. The van der Waals surface area contributed by atoms with Crippen LogP contribution >= 0.6 is 22.7 Å². The molecule has 7 nitrogen and oxygen atoms in total. The molecule has 0 saturated carbocycles. The van der Waals surface area contributed by atoms with Crippen molar-refractivity contribution in [2.24, 2.45) is 0 Å². The smallest absolute Gasteiger partial charge is 0.226 e. The van der Waals surface area contributed by atoms with Crippen LogP contribution < -0.4 is 20.7 Å². The van der Waals surface area contributed by atoms with Gasteiger partial charge in [0, 0.05) is 53.1 Å². The zero-order valence-electron chi connectivity index (χ0n) is 17.9. The highest BCUT2D eigenvalue weighted by Crippen LogP contribution is 2.44. The van der Waals surface area contributed by atoms with Gasteiger partial charge in [0.25, 0.3) is 0 Å². The van der Waals surface area contributed by atoms with Crippen LogP contribution in [0.15, 0.2) is 23.8 Å². The van der Waals surface area contributed by atoms with E-state index >= 15 is 0 Å². The maximum Gasteiger partial charge on any atom is 0.226 e. The molecule has 1 aliphatic heterocycles. The largest absolute Gasteiger partial charge is 0.495 e. The highest BCUT2D eigenvalue weighted by atomic mass is 32.1. The van der Waals surface area contributed by atoms with Gasteiger partial charge in [-0.25, -0.2) is 4.98 Å². The Kier molecular flexibility index (Phi) is 6.96. The molecule has 0 atom stereocenters. The van der Waals surface area contributed by atoms with E-state index in [1.807, 2.05) is 11.4 Å². The Labute approximate surface area is 190 Å². The molecule has 4 heterocycles. The van der Waals surface area contributed by atoms with Gasteiger partial charge in [0.05, 0.1) is 19.0 Å². The zero-order chi connectivity index (χ0) is 21.8. The molecule has 0 unspecified atom stereocenters. The fraction of sp³-hybridized carbons (Fsp3) is 0.409. The van der Waals surface area contributed by atoms with Gasteiger partial charge < -0.3 is 20.7 Å². The van der Waals surface area contributed by atoms with Gasteiger partial charge in [-0.3, -0.25) is 9.78 Å². The number of nitrogens with one attached hydrogen (secondary N) is 3. The van der Waals surface area contributed by atoms with Gasteiger partial charge >= 0.3 is 0 Å². The fourth-order valence-electron chi connectivity index (χ4n) is 3.50. The Morgan fingerprint density at radius 1 is 1.35 bits per heavy atom. The number of fused-ring (bicyclic) bond motifs is 1. The van der Waals surface area contributed by atoms with Crippen LogP contribution in [0.3, 0.4) is 0 Å². The molecule has 0 bridgehead atoms. The molecular weight excluding hydrogens is 430 g/mol. The zero-order valence-corrected chi connectivity index (χ0v) is 19.6. The van der Waals surface area contributed by atoms with Gasteiger partial charge in [-0.2, -0.15) is 0 Å². The van der Waals surface area contributed by atoms with Crippen molar-refractivity contribution in [2.45, 2.75) is 39.3 Å². The minimum Gasteiger partial charge on any atom is -0.495 e. The number of pyridine rings is 1. The van der Waals surface area contributed by atoms with E-state index in [-0.39, 0.29) is 5.91 Å². The van der Waals surface area contributed by atoms with Crippen LogP contribution in [0.2, 0.25) is 0 Å². The SMILES string of the molecule is COc1cncc(-c2csc(-c3c(NC(=O)CCNC(C)C)sc4c3CCNC4)n2)c1. The van der Waals surface area contributed by atoms with Crippen molar-refractivity contribution in [1.29, 1.82) is 0 Å². The standard InChI is InChI=1S/C22H27N5O2S2/c1-13(2)25-7-5-19(28)27-22-20(16-4-6-23-11-18(16)31-22)21-26-17(12-30-21)14-8-15(29-3)10-24-9-14/h8-10,12-13,23,25H,4-7,11H2,1-3H3,(H,27,28). The second kappa shape index (κ2) is 9.86. The summed E-state index contributed by atoms with van der Waals surface area (Å²) in [6.45, 7) is 6.58. The Bertz CT molecular complexity index is 1060. The third-order valence-electron chi connectivity index (χ3n) is 5.05. The molecule has 1 amide bonds. The number of anilines is 1. The minimum absolute atomic E-state index is 0.0229. The van der Waals surface area contributed by atoms with Crippen molar-refractivity contribution in [3.8, 4) is 27.6 Å². The first-order valence-electron chi connectivity index (χ1n) is 10.4. The van der Waals surface area contributed by atoms with Gasteiger partial charge in [-0.05, 0) is 24.6 Å². The van der Waals surface area contributed by atoms with E-state index in [4.69, 9.17) is 9.72 Å². The number of carbonyl (C=O) groups is 1. The van der Waals surface area contributed by atoms with Crippen molar-refractivity contribution in [3.63, 3.8) is 0 Å². The van der Waals surface area contributed by atoms with Crippen LogP contribution in [-0.2, 0) is 17.8 Å². The van der Waals surface area contributed by atoms with Crippen molar-refractivity contribution < 1.29 is 9.53 Å². The molecule has 3 aromatic heterocycles. The molecule has 9 heteroatoms. The summed E-state index contributed by atoms with van der Waals surface area (Å²) in [4.78, 5) is 23.0. The van der Waals surface area contributed by atoms with Gasteiger partial charge in [0.2, 0.25) is 5.91 Å². The molecule has 0 fully saturated rings. The van der Waals surface area contributed by atoms with Crippen LogP contribution in [0.1, 0.15) is 30.7 Å². The van der Waals surface area contributed by atoms with E-state index in [2.05, 4.69) is 34.8 Å². The predicted molar refractivity (Wildman–Crippen MR) is 127 cm³/mol. The lowest BCUT2D eigenvalue weighted by Gasteiger charge is -2.13. The molecule has 3 aromatic rings. The monoisotopic (exact) mass is 457 g/mol. The Balaban J connectivity index is 1.62. The average molecular weight is 458 g/mol. The van der Waals surface area contributed by atoms with E-state index in [1.165, 1.54) is 10.4 Å². The summed E-state index contributed by atoms with van der Waals surface area (Å²) in [5.41, 5.74) is 4.14. The molecule has 3 N–H and O–H groups in total. The summed E-state index contributed by atoms with van der Waals surface area (Å²) in [6.07, 6.45) is 4.85. The van der Waals surface area contributed by atoms with Gasteiger partial charge in [0.15, 0.2) is 0 Å². The number of rotatable bonds is 8. The van der Waals surface area contributed by atoms with E-state index in [0.717, 1.165) is 46.3 Å². The number of methoxy groups -OCH3 is 1. The number of hydrogen-bond acceptors (Lipinski definition) is 8. The number of amides is 1. The van der Waals surface area contributed by atoms with E-state index in [9.17, 15) is 4.79 Å². The molecule has 164 valence electrons. The minimum atomic E-state index is 0.0229. The summed E-state index contributed by atoms with van der Waals surface area (Å²) in [5.74, 6) is 0.726. The maximum atomic E-state index is 12.6. The Morgan fingerprint density at radius 2 is 2.23 bits per heavy atom. The van der Waals surface area contributed by atoms with Gasteiger partial charge in [0.1, 0.15) is 15.8 Å². The summed E-state index contributed by atoms with van der Waals surface area (Å²) in [5, 5.41) is 13.7. The summed E-state index contributed by atoms with van der Waals surface area (Å²) < 4.78 is 5.29. The predicted octanol–water partition coefficient (Wildman–Crippen LogP) is 3.91. The molecule has 0 aromatic carbocycles. The lowest BCUT2D eigenvalue weighted by molar-refractivity contribution is -0.116. The summed E-state index contributed by atoms with van der Waals surface area (Å²) >= 11 is 3.25. The lowest BCUT2D eigenvalue weighted by Crippen LogP contribution is -2.27. The number of hydrogen-bond donors (Lipinski definition) is 3. The van der Waals surface area contributed by atoms with Gasteiger partial charge in [-0.1, -0.05) is 13.8 Å². The molecular formula is C22H27N5O2S2. The lowest BCUT2D eigenvalue weighted by atomic mass is 10.0. The van der Waals surface area contributed by atoms with Crippen LogP contribution in [0.5, 0.6) is 5.75 Å². The number of ether oxygens (including phenoxy) is 1. The number of thiophene rings is 1. The quantitative estimate of drug-likeness (QED) is 0.475. The molecule has 4 rings (SSSR count). The maximum absolute atomic E-state index is 12.6. The third-order valence-corrected chi connectivity index (χ3v) is 7.06. The molecule has 0 radical (unpaired) electrons. The molecule has 0 saturated heterocycles. The summed E-state index contributed by atoms with van der Waals surface area (Å²) in [6, 6.07) is 2.30. The Hall–Kier alpha value is -2.33. The fourth-order valence-corrected chi connectivity index (χ4v) is 5.71. The van der Waals surface area contributed by atoms with Crippen molar-refractivity contribution >= 4 is 33.6 Å². The van der Waals surface area contributed by atoms with E-state index in [1.54, 1.807) is 42.2 Å². The van der Waals surface area contributed by atoms with E-state index in [0.29, 0.717) is 24.8 Å². The number of aromatic nitrogens is 2. The van der Waals surface area contributed by atoms with Gasteiger partial charge in [-0.15, -0.1) is 22.7 Å². The second-order valence-corrected chi connectivity index (χ2v) is 9.66. The first-order valence-corrected chi connectivity index (χ1v) is 12.1. The molecule has 1 aliphatic rings. The number of nitrogens with zero attached hydrogens (tertiary/aromatic N) is 2. The molecule has 0 spiro atoms. The Morgan fingerprint density at radius 3 is 3.03 bits per heavy atom. The first kappa shape index (κ1) is 21.9. The van der Waals surface area contributed by atoms with Crippen LogP contribution in [0.25, 0.3) is 21.8 Å². The topological polar surface area (TPSA) is 88.2 Å². The number of carbonyl (C=O) groups excluding carboxylic acids is 1. The highest BCUT2D eigenvalue weighted by molar-refractivity contribution is 7.18. The normalized spacial score (nSPS) is 13.3.